The number of primary amides is 1. The van der Waals surface area contributed by atoms with Gasteiger partial charge >= 0.3 is 59.1 Å². The Bertz CT molecular complexity index is 1160. The monoisotopic (exact) mass is 572 g/mol. The Labute approximate surface area is 259 Å². The molecule has 0 bridgehead atoms. The number of hydrogen-bond donors (Lipinski definition) is 3. The number of rotatable bonds is 10. The standard InChI is InChI=1S/C17H16N6O8S3.2Na/c18-8(24)1-2-32-7-5-33-15-11(14(28)23(15)12(7)16(29)30)21-13(27)10(22-31-3-9(25)26)6-4-34-17(19)20-6;;/h1-2,4,11,15H,3,5H2,(H2,18,24)(H2,19,20)(H,21,27)(H,25,26)(H,29,30);;/q;2*+1/p-2/b2-1-,22-10-;;/t11-,15+;;/m1../s1. The molecule has 19 heteroatoms. The first-order valence-corrected chi connectivity index (χ1v) is 11.8. The number of β-lactam (4-membered cyclic amide) rings is 1. The maximum atomic E-state index is 12.8. The zero-order valence-electron chi connectivity index (χ0n) is 18.8. The summed E-state index contributed by atoms with van der Waals surface area (Å²) in [6.07, 6.45) is 1.04. The van der Waals surface area contributed by atoms with Gasteiger partial charge in [0.15, 0.2) is 17.5 Å². The molecule has 0 unspecified atom stereocenters. The summed E-state index contributed by atoms with van der Waals surface area (Å²) >= 11 is 3.06. The SMILES string of the molecule is NC(=O)/C=C\SC1=C(C(=O)[O-])N2C(=O)[C@@H](NC(=O)/C(=N\OCC(=O)[O-])c3csc(N)n3)[C@@H]2SC1.[Na+].[Na+]. The number of thiazole rings is 1. The van der Waals surface area contributed by atoms with E-state index >= 15 is 0 Å². The van der Waals surface area contributed by atoms with Gasteiger partial charge in [0, 0.05) is 22.1 Å². The minimum atomic E-state index is -1.60. The molecule has 3 amide bonds. The molecule has 0 spiro atoms. The van der Waals surface area contributed by atoms with Crippen LogP contribution in [-0.4, -0.2) is 69.0 Å². The predicted molar refractivity (Wildman–Crippen MR) is 117 cm³/mol. The average Bonchev–Trinajstić information content (AvgIpc) is 3.19. The van der Waals surface area contributed by atoms with Gasteiger partial charge in [0.2, 0.25) is 5.91 Å². The number of nitrogens with zero attached hydrogens (tertiary/aromatic N) is 3. The van der Waals surface area contributed by atoms with Gasteiger partial charge in [-0.1, -0.05) is 16.9 Å². The fraction of sp³-hybridized carbons (Fsp3) is 0.235. The molecule has 14 nitrogen and oxygen atoms in total. The number of anilines is 1. The number of hydrogen-bond acceptors (Lipinski definition) is 14. The van der Waals surface area contributed by atoms with Gasteiger partial charge in [-0.25, -0.2) is 4.98 Å². The number of carboxylic acids is 2. The third-order valence-electron chi connectivity index (χ3n) is 4.17. The van der Waals surface area contributed by atoms with Crippen molar-refractivity contribution in [3.8, 4) is 0 Å². The fourth-order valence-electron chi connectivity index (χ4n) is 2.81. The molecule has 0 aromatic carbocycles. The summed E-state index contributed by atoms with van der Waals surface area (Å²) in [5.41, 5.74) is 9.73. The van der Waals surface area contributed by atoms with E-state index in [0.717, 1.165) is 34.1 Å². The van der Waals surface area contributed by atoms with E-state index in [9.17, 15) is 34.2 Å². The molecule has 1 saturated heterocycles. The third-order valence-corrected chi connectivity index (χ3v) is 7.20. The Balaban J connectivity index is 0.00000324. The van der Waals surface area contributed by atoms with Crippen LogP contribution in [-0.2, 0) is 28.8 Å². The summed E-state index contributed by atoms with van der Waals surface area (Å²) < 4.78 is 0. The molecular weight excluding hydrogens is 558 g/mol. The zero-order valence-corrected chi connectivity index (χ0v) is 25.2. The molecule has 2 atom stereocenters. The van der Waals surface area contributed by atoms with Crippen LogP contribution in [0.4, 0.5) is 5.13 Å². The van der Waals surface area contributed by atoms with Crippen molar-refractivity contribution in [2.45, 2.75) is 11.4 Å². The zero-order chi connectivity index (χ0) is 25.0. The van der Waals surface area contributed by atoms with Crippen LogP contribution < -0.4 is 86.1 Å². The Kier molecular flexibility index (Phi) is 13.0. The Morgan fingerprint density at radius 1 is 1.33 bits per heavy atom. The molecule has 0 saturated carbocycles. The number of nitrogen functional groups attached to an aromatic ring is 1. The molecule has 1 aromatic rings. The van der Waals surface area contributed by atoms with E-state index < -0.39 is 53.4 Å². The largest absolute Gasteiger partial charge is 1.00 e. The number of carbonyl (C=O) groups excluding carboxylic acids is 5. The second kappa shape index (κ2) is 14.4. The number of nitrogens with two attached hydrogens (primary N) is 2. The van der Waals surface area contributed by atoms with Crippen LogP contribution >= 0.6 is 34.9 Å². The smallest absolute Gasteiger partial charge is 0.546 e. The van der Waals surface area contributed by atoms with E-state index in [1.807, 2.05) is 0 Å². The van der Waals surface area contributed by atoms with Crippen LogP contribution in [0.15, 0.2) is 32.6 Å². The van der Waals surface area contributed by atoms with E-state index in [1.54, 1.807) is 0 Å². The van der Waals surface area contributed by atoms with Gasteiger partial charge in [0.25, 0.3) is 11.8 Å². The predicted octanol–water partition coefficient (Wildman–Crippen LogP) is -9.70. The van der Waals surface area contributed by atoms with Crippen LogP contribution in [0.3, 0.4) is 0 Å². The minimum Gasteiger partial charge on any atom is -0.546 e. The van der Waals surface area contributed by atoms with Crippen LogP contribution in [0.25, 0.3) is 0 Å². The van der Waals surface area contributed by atoms with Crippen LogP contribution in [0.1, 0.15) is 5.69 Å². The van der Waals surface area contributed by atoms with E-state index in [2.05, 4.69) is 20.3 Å². The molecular formula is C17H14N6Na2O8S3. The number of carbonyl (C=O) groups is 5. The van der Waals surface area contributed by atoms with Crippen molar-refractivity contribution in [3.63, 3.8) is 0 Å². The van der Waals surface area contributed by atoms with Gasteiger partial charge in [-0.15, -0.1) is 23.1 Å². The summed E-state index contributed by atoms with van der Waals surface area (Å²) in [6.45, 7) is -0.935. The van der Waals surface area contributed by atoms with Gasteiger partial charge in [-0.3, -0.25) is 19.3 Å². The second-order valence-corrected chi connectivity index (χ2v) is 9.39. The van der Waals surface area contributed by atoms with Crippen LogP contribution in [0, 0.1) is 0 Å². The van der Waals surface area contributed by atoms with Crippen molar-refractivity contribution >= 4 is 75.4 Å². The van der Waals surface area contributed by atoms with Gasteiger partial charge in [0.05, 0.1) is 17.6 Å². The van der Waals surface area contributed by atoms with Crippen molar-refractivity contribution in [2.24, 2.45) is 10.9 Å². The maximum Gasteiger partial charge on any atom is 1.00 e. The van der Waals surface area contributed by atoms with Crippen molar-refractivity contribution < 1.29 is 98.1 Å². The number of aromatic nitrogens is 1. The number of nitrogens with one attached hydrogen (secondary N) is 1. The maximum absolute atomic E-state index is 12.8. The number of carboxylic acid groups (broad SMARTS) is 2. The van der Waals surface area contributed by atoms with E-state index in [0.29, 0.717) is 0 Å². The molecule has 36 heavy (non-hydrogen) atoms. The summed E-state index contributed by atoms with van der Waals surface area (Å²) in [4.78, 5) is 68.3. The number of thioether (sulfide) groups is 2. The summed E-state index contributed by atoms with van der Waals surface area (Å²) in [6, 6.07) is -1.12. The van der Waals surface area contributed by atoms with E-state index in [1.165, 1.54) is 22.5 Å². The van der Waals surface area contributed by atoms with Gasteiger partial charge < -0.3 is 41.4 Å². The fourth-order valence-corrected chi connectivity index (χ4v) is 5.69. The normalized spacial score (nSPS) is 18.9. The number of oxime groups is 1. The van der Waals surface area contributed by atoms with E-state index in [-0.39, 0.29) is 86.3 Å². The van der Waals surface area contributed by atoms with Crippen LogP contribution in [0.2, 0.25) is 0 Å². The van der Waals surface area contributed by atoms with Crippen molar-refractivity contribution in [1.29, 1.82) is 0 Å². The topological polar surface area (TPSA) is 233 Å². The van der Waals surface area contributed by atoms with Gasteiger partial charge in [0.1, 0.15) is 17.1 Å². The molecule has 180 valence electrons. The molecule has 1 aromatic heterocycles. The number of aliphatic carboxylic acids is 2. The molecule has 2 aliphatic rings. The molecule has 3 heterocycles. The molecule has 2 aliphatic heterocycles. The Morgan fingerprint density at radius 3 is 2.58 bits per heavy atom. The van der Waals surface area contributed by atoms with Gasteiger partial charge in [-0.2, -0.15) is 0 Å². The van der Waals surface area contributed by atoms with Crippen LogP contribution in [0.5, 0.6) is 0 Å². The van der Waals surface area contributed by atoms with E-state index in [4.69, 9.17) is 11.5 Å². The average molecular weight is 573 g/mol. The first kappa shape index (κ1) is 32.5. The summed E-state index contributed by atoms with van der Waals surface area (Å²) in [5.74, 6) is -5.41. The first-order chi connectivity index (χ1) is 16.1. The summed E-state index contributed by atoms with van der Waals surface area (Å²) in [7, 11) is 0. The second-order valence-electron chi connectivity index (χ2n) is 6.40. The quantitative estimate of drug-likeness (QED) is 0.0780. The molecule has 1 fully saturated rings. The van der Waals surface area contributed by atoms with Crippen molar-refractivity contribution in [1.82, 2.24) is 15.2 Å². The molecule has 5 N–H and O–H groups in total. The van der Waals surface area contributed by atoms with Gasteiger partial charge in [-0.05, 0) is 5.41 Å². The molecule has 0 aliphatic carbocycles. The third kappa shape index (κ3) is 7.72. The minimum absolute atomic E-state index is 0. The molecule has 3 rings (SSSR count). The molecule has 0 radical (unpaired) electrons. The number of fused-ring (bicyclic) bond motifs is 1. The number of amides is 3. The summed E-state index contributed by atoms with van der Waals surface area (Å²) in [5, 5.41) is 30.2. The first-order valence-electron chi connectivity index (χ1n) is 9.04. The van der Waals surface area contributed by atoms with Crippen molar-refractivity contribution in [3.05, 3.63) is 33.2 Å². The van der Waals surface area contributed by atoms with Crippen molar-refractivity contribution in [2.75, 3.05) is 18.1 Å². The Hall–Kier alpha value is -1.57. The Morgan fingerprint density at radius 2 is 2.03 bits per heavy atom.